The molecule has 154 valence electrons. The largest absolute Gasteiger partial charge is 0.490 e. The van der Waals surface area contributed by atoms with Crippen LogP contribution in [0.1, 0.15) is 80.1 Å². The third-order valence-corrected chi connectivity index (χ3v) is 4.49. The number of benzene rings is 1. The van der Waals surface area contributed by atoms with Crippen LogP contribution in [-0.2, 0) is 6.42 Å². The Morgan fingerprint density at radius 1 is 0.759 bits per heavy atom. The van der Waals surface area contributed by atoms with Crippen molar-refractivity contribution >= 4 is 6.29 Å². The molecular formula is C26H32O3. The number of unbranched alkanes of at least 4 members (excludes halogenated alkanes) is 7. The molecule has 0 aliphatic rings. The fraction of sp³-hybridized carbons (Fsp3) is 0.500. The van der Waals surface area contributed by atoms with Crippen molar-refractivity contribution in [1.82, 2.24) is 0 Å². The number of aryl methyl sites for hydroxylation is 1. The van der Waals surface area contributed by atoms with Gasteiger partial charge in [0.05, 0.1) is 13.2 Å². The molecule has 0 fully saturated rings. The molecule has 0 radical (unpaired) electrons. The number of hydrogen-bond donors (Lipinski definition) is 0. The molecule has 1 rings (SSSR count). The van der Waals surface area contributed by atoms with Crippen LogP contribution in [0.25, 0.3) is 0 Å². The third-order valence-electron chi connectivity index (χ3n) is 4.49. The van der Waals surface area contributed by atoms with Gasteiger partial charge in [0.25, 0.3) is 0 Å². The SMILES string of the molecule is C#CCCCCCc1cc(C=O)cc(OCCCCC#C)c1OCCCCC#C. The Labute approximate surface area is 176 Å². The van der Waals surface area contributed by atoms with Crippen LogP contribution in [-0.4, -0.2) is 19.5 Å². The Kier molecular flexibility index (Phi) is 13.5. The summed E-state index contributed by atoms with van der Waals surface area (Å²) in [6.07, 6.45) is 26.5. The summed E-state index contributed by atoms with van der Waals surface area (Å²) in [5, 5.41) is 0. The van der Waals surface area contributed by atoms with Crippen LogP contribution in [0.15, 0.2) is 12.1 Å². The lowest BCUT2D eigenvalue weighted by Gasteiger charge is -2.17. The van der Waals surface area contributed by atoms with Crippen molar-refractivity contribution in [3.63, 3.8) is 0 Å². The van der Waals surface area contributed by atoms with Crippen LogP contribution in [0.2, 0.25) is 0 Å². The number of terminal acetylenes is 3. The molecule has 0 saturated carbocycles. The lowest BCUT2D eigenvalue weighted by molar-refractivity contribution is 0.112. The van der Waals surface area contributed by atoms with Crippen molar-refractivity contribution in [2.75, 3.05) is 13.2 Å². The summed E-state index contributed by atoms with van der Waals surface area (Å²) in [6, 6.07) is 3.66. The van der Waals surface area contributed by atoms with Gasteiger partial charge >= 0.3 is 0 Å². The number of carbonyl (C=O) groups excluding carboxylic acids is 1. The molecule has 1 aromatic carbocycles. The summed E-state index contributed by atoms with van der Waals surface area (Å²) < 4.78 is 12.1. The van der Waals surface area contributed by atoms with E-state index in [0.717, 1.165) is 88.2 Å². The highest BCUT2D eigenvalue weighted by Crippen LogP contribution is 2.34. The van der Waals surface area contributed by atoms with E-state index in [1.807, 2.05) is 6.07 Å². The summed E-state index contributed by atoms with van der Waals surface area (Å²) in [7, 11) is 0. The maximum Gasteiger partial charge on any atom is 0.164 e. The van der Waals surface area contributed by atoms with Gasteiger partial charge in [-0.1, -0.05) is 6.42 Å². The van der Waals surface area contributed by atoms with E-state index in [0.29, 0.717) is 24.5 Å². The molecule has 0 bridgehead atoms. The molecule has 0 unspecified atom stereocenters. The van der Waals surface area contributed by atoms with Crippen LogP contribution < -0.4 is 9.47 Å². The van der Waals surface area contributed by atoms with Gasteiger partial charge < -0.3 is 9.47 Å². The van der Waals surface area contributed by atoms with E-state index in [1.54, 1.807) is 6.07 Å². The predicted molar refractivity (Wildman–Crippen MR) is 119 cm³/mol. The predicted octanol–water partition coefficient (Wildman–Crippen LogP) is 5.60. The van der Waals surface area contributed by atoms with Crippen molar-refractivity contribution in [2.45, 2.75) is 70.6 Å². The molecule has 29 heavy (non-hydrogen) atoms. The van der Waals surface area contributed by atoms with E-state index in [9.17, 15) is 4.79 Å². The fourth-order valence-electron chi connectivity index (χ4n) is 2.94. The molecule has 0 spiro atoms. The van der Waals surface area contributed by atoms with E-state index >= 15 is 0 Å². The highest BCUT2D eigenvalue weighted by molar-refractivity contribution is 5.77. The number of rotatable bonds is 16. The molecule has 0 heterocycles. The van der Waals surface area contributed by atoms with E-state index in [2.05, 4.69) is 17.8 Å². The highest BCUT2D eigenvalue weighted by Gasteiger charge is 2.14. The molecule has 3 nitrogen and oxygen atoms in total. The van der Waals surface area contributed by atoms with Crippen molar-refractivity contribution < 1.29 is 14.3 Å². The molecule has 0 atom stereocenters. The Bertz CT molecular complexity index is 683. The minimum atomic E-state index is 0.541. The van der Waals surface area contributed by atoms with Gasteiger partial charge in [-0.2, -0.15) is 0 Å². The summed E-state index contributed by atoms with van der Waals surface area (Å²) >= 11 is 0. The molecule has 1 aromatic rings. The van der Waals surface area contributed by atoms with E-state index in [1.165, 1.54) is 0 Å². The van der Waals surface area contributed by atoms with Gasteiger partial charge in [0.15, 0.2) is 11.5 Å². The van der Waals surface area contributed by atoms with Crippen LogP contribution in [0.4, 0.5) is 0 Å². The number of aldehydes is 1. The molecule has 0 aromatic heterocycles. The zero-order valence-electron chi connectivity index (χ0n) is 17.4. The lowest BCUT2D eigenvalue weighted by atomic mass is 10.0. The Morgan fingerprint density at radius 2 is 1.34 bits per heavy atom. The van der Waals surface area contributed by atoms with Crippen molar-refractivity contribution in [1.29, 1.82) is 0 Å². The monoisotopic (exact) mass is 392 g/mol. The molecule has 0 amide bonds. The van der Waals surface area contributed by atoms with E-state index in [4.69, 9.17) is 28.7 Å². The first-order chi connectivity index (χ1) is 14.3. The molecule has 0 aliphatic carbocycles. The second-order valence-electron chi connectivity index (χ2n) is 6.91. The van der Waals surface area contributed by atoms with Gasteiger partial charge in [0.2, 0.25) is 0 Å². The summed E-state index contributed by atoms with van der Waals surface area (Å²) in [5.74, 6) is 9.32. The number of ether oxygens (including phenoxy) is 2. The number of hydrogen-bond acceptors (Lipinski definition) is 3. The lowest BCUT2D eigenvalue weighted by Crippen LogP contribution is -2.06. The average molecular weight is 393 g/mol. The summed E-state index contributed by atoms with van der Waals surface area (Å²) in [5.41, 5.74) is 1.60. The second kappa shape index (κ2) is 16.2. The van der Waals surface area contributed by atoms with Gasteiger partial charge in [0, 0.05) is 24.8 Å². The maximum absolute atomic E-state index is 11.4. The van der Waals surface area contributed by atoms with Crippen molar-refractivity contribution in [3.05, 3.63) is 23.3 Å². The van der Waals surface area contributed by atoms with Crippen LogP contribution in [0.5, 0.6) is 11.5 Å². The smallest absolute Gasteiger partial charge is 0.164 e. The summed E-state index contributed by atoms with van der Waals surface area (Å²) in [4.78, 5) is 11.4. The Hall–Kier alpha value is -2.83. The van der Waals surface area contributed by atoms with E-state index < -0.39 is 0 Å². The molecule has 0 N–H and O–H groups in total. The number of carbonyl (C=O) groups is 1. The molecule has 3 heteroatoms. The van der Waals surface area contributed by atoms with Crippen LogP contribution >= 0.6 is 0 Å². The van der Waals surface area contributed by atoms with Gasteiger partial charge in [0.1, 0.15) is 6.29 Å². The second-order valence-corrected chi connectivity index (χ2v) is 6.91. The quantitative estimate of drug-likeness (QED) is 0.209. The van der Waals surface area contributed by atoms with Gasteiger partial charge in [-0.3, -0.25) is 4.79 Å². The normalized spacial score (nSPS) is 9.83. The molecule has 0 aliphatic heterocycles. The van der Waals surface area contributed by atoms with Gasteiger partial charge in [-0.05, 0) is 62.6 Å². The minimum absolute atomic E-state index is 0.541. The summed E-state index contributed by atoms with van der Waals surface area (Å²) in [6.45, 7) is 1.11. The highest BCUT2D eigenvalue weighted by atomic mass is 16.5. The standard InChI is InChI=1S/C26H32O3/c1-4-7-10-13-14-17-24-20-23(22-27)21-25(28-18-15-11-8-5-2)26(24)29-19-16-12-9-6-3/h1-3,20-22H,7-19H2. The average Bonchev–Trinajstić information content (AvgIpc) is 2.74. The van der Waals surface area contributed by atoms with Crippen LogP contribution in [0, 0.1) is 37.0 Å². The van der Waals surface area contributed by atoms with E-state index in [-0.39, 0.29) is 0 Å². The fourth-order valence-corrected chi connectivity index (χ4v) is 2.94. The zero-order valence-corrected chi connectivity index (χ0v) is 17.4. The zero-order chi connectivity index (χ0) is 21.2. The van der Waals surface area contributed by atoms with Crippen LogP contribution in [0.3, 0.4) is 0 Å². The first-order valence-electron chi connectivity index (χ1n) is 10.4. The van der Waals surface area contributed by atoms with Crippen molar-refractivity contribution in [2.24, 2.45) is 0 Å². The molecular weight excluding hydrogens is 360 g/mol. The van der Waals surface area contributed by atoms with Crippen molar-refractivity contribution in [3.8, 4) is 48.5 Å². The van der Waals surface area contributed by atoms with Gasteiger partial charge in [-0.15, -0.1) is 37.0 Å². The third kappa shape index (κ3) is 10.3. The molecule has 0 saturated heterocycles. The first kappa shape index (κ1) is 24.2. The Balaban J connectivity index is 2.87. The minimum Gasteiger partial charge on any atom is -0.490 e. The maximum atomic E-state index is 11.4. The Morgan fingerprint density at radius 3 is 1.93 bits per heavy atom. The first-order valence-corrected chi connectivity index (χ1v) is 10.4. The topological polar surface area (TPSA) is 35.5 Å². The van der Waals surface area contributed by atoms with Gasteiger partial charge in [-0.25, -0.2) is 0 Å².